The number of nitrogens with zero attached hydrogens (tertiary/aromatic N) is 2. The topological polar surface area (TPSA) is 29.9 Å². The molecule has 1 aliphatic carbocycles. The highest BCUT2D eigenvalue weighted by Crippen LogP contribution is 2.38. The molecule has 0 saturated heterocycles. The number of rotatable bonds is 5. The summed E-state index contributed by atoms with van der Waals surface area (Å²) in [6, 6.07) is 0.354. The van der Waals surface area contributed by atoms with Crippen molar-refractivity contribution in [1.82, 2.24) is 15.1 Å². The van der Waals surface area contributed by atoms with Gasteiger partial charge in [0.25, 0.3) is 0 Å². The van der Waals surface area contributed by atoms with Gasteiger partial charge in [-0.25, -0.2) is 0 Å². The Bertz CT molecular complexity index is 331. The van der Waals surface area contributed by atoms with Crippen molar-refractivity contribution in [3.8, 4) is 0 Å². The predicted molar refractivity (Wildman–Crippen MR) is 62.1 cm³/mol. The van der Waals surface area contributed by atoms with Gasteiger partial charge in [-0.2, -0.15) is 5.10 Å². The Morgan fingerprint density at radius 1 is 1.67 bits per heavy atom. The summed E-state index contributed by atoms with van der Waals surface area (Å²) in [7, 11) is 2.00. The second kappa shape index (κ2) is 4.54. The lowest BCUT2D eigenvalue weighted by Gasteiger charge is -2.17. The molecule has 0 radical (unpaired) electrons. The van der Waals surface area contributed by atoms with E-state index < -0.39 is 0 Å². The second-order valence-corrected chi connectivity index (χ2v) is 4.62. The van der Waals surface area contributed by atoms with E-state index in [0.717, 1.165) is 23.2 Å². The number of nitrogens with one attached hydrogen (secondary N) is 1. The van der Waals surface area contributed by atoms with E-state index in [1.807, 2.05) is 11.7 Å². The first kappa shape index (κ1) is 11.0. The van der Waals surface area contributed by atoms with Crippen LogP contribution in [0.15, 0.2) is 6.20 Å². The van der Waals surface area contributed by atoms with Gasteiger partial charge in [0.05, 0.1) is 23.0 Å². The minimum atomic E-state index is 0.354. The molecule has 0 amide bonds. The van der Waals surface area contributed by atoms with Crippen LogP contribution < -0.4 is 5.32 Å². The summed E-state index contributed by atoms with van der Waals surface area (Å²) >= 11 is 6.18. The van der Waals surface area contributed by atoms with Crippen LogP contribution in [0.5, 0.6) is 0 Å². The van der Waals surface area contributed by atoms with Crippen molar-refractivity contribution >= 4 is 11.6 Å². The van der Waals surface area contributed by atoms with Crippen molar-refractivity contribution in [2.24, 2.45) is 5.92 Å². The van der Waals surface area contributed by atoms with Crippen LogP contribution in [0, 0.1) is 5.92 Å². The van der Waals surface area contributed by atoms with Gasteiger partial charge < -0.3 is 5.32 Å². The summed E-state index contributed by atoms with van der Waals surface area (Å²) in [5.41, 5.74) is 1.15. The van der Waals surface area contributed by atoms with Crippen LogP contribution in [0.4, 0.5) is 0 Å². The van der Waals surface area contributed by atoms with E-state index in [9.17, 15) is 0 Å². The van der Waals surface area contributed by atoms with Gasteiger partial charge in [0, 0.05) is 6.54 Å². The van der Waals surface area contributed by atoms with Gasteiger partial charge in [0.15, 0.2) is 0 Å². The first-order valence-electron chi connectivity index (χ1n) is 5.64. The molecule has 0 bridgehead atoms. The third kappa shape index (κ3) is 2.34. The molecule has 3 nitrogen and oxygen atoms in total. The quantitative estimate of drug-likeness (QED) is 0.838. The Hall–Kier alpha value is -0.540. The molecule has 1 heterocycles. The van der Waals surface area contributed by atoms with Crippen LogP contribution in [-0.2, 0) is 6.54 Å². The molecule has 1 N–H and O–H groups in total. The van der Waals surface area contributed by atoms with Crippen molar-refractivity contribution in [2.45, 2.75) is 38.8 Å². The molecular weight excluding hydrogens is 210 g/mol. The fourth-order valence-corrected chi connectivity index (χ4v) is 2.30. The molecule has 1 atom stereocenters. The predicted octanol–water partition coefficient (Wildman–Crippen LogP) is 2.62. The highest BCUT2D eigenvalue weighted by molar-refractivity contribution is 6.31. The summed E-state index contributed by atoms with van der Waals surface area (Å²) in [6.07, 6.45) is 5.67. The molecule has 15 heavy (non-hydrogen) atoms. The number of aromatic nitrogens is 2. The summed E-state index contributed by atoms with van der Waals surface area (Å²) < 4.78 is 1.99. The summed E-state index contributed by atoms with van der Waals surface area (Å²) in [5, 5.41) is 8.41. The highest BCUT2D eigenvalue weighted by atomic mass is 35.5. The second-order valence-electron chi connectivity index (χ2n) is 4.21. The van der Waals surface area contributed by atoms with E-state index in [2.05, 4.69) is 17.3 Å². The van der Waals surface area contributed by atoms with Crippen LogP contribution in [0.1, 0.15) is 37.9 Å². The highest BCUT2D eigenvalue weighted by Gasteiger charge is 2.28. The minimum Gasteiger partial charge on any atom is -0.312 e. The maximum absolute atomic E-state index is 6.18. The van der Waals surface area contributed by atoms with Crippen LogP contribution in [-0.4, -0.2) is 16.8 Å². The van der Waals surface area contributed by atoms with Crippen molar-refractivity contribution < 1.29 is 0 Å². The van der Waals surface area contributed by atoms with Gasteiger partial charge in [0.1, 0.15) is 0 Å². The molecule has 1 aromatic rings. The lowest BCUT2D eigenvalue weighted by molar-refractivity contribution is 0.467. The van der Waals surface area contributed by atoms with E-state index in [0.29, 0.717) is 6.04 Å². The Balaban J connectivity index is 2.18. The maximum Gasteiger partial charge on any atom is 0.0834 e. The average Bonchev–Trinajstić information content (AvgIpc) is 2.98. The smallest absolute Gasteiger partial charge is 0.0834 e. The number of hydrogen-bond donors (Lipinski definition) is 1. The van der Waals surface area contributed by atoms with Gasteiger partial charge >= 0.3 is 0 Å². The average molecular weight is 228 g/mol. The van der Waals surface area contributed by atoms with Gasteiger partial charge in [0.2, 0.25) is 0 Å². The van der Waals surface area contributed by atoms with E-state index in [1.165, 1.54) is 19.3 Å². The van der Waals surface area contributed by atoms with Crippen molar-refractivity contribution in [3.05, 3.63) is 16.9 Å². The Morgan fingerprint density at radius 2 is 2.40 bits per heavy atom. The summed E-state index contributed by atoms with van der Waals surface area (Å²) in [4.78, 5) is 0. The first-order valence-corrected chi connectivity index (χ1v) is 6.02. The molecule has 84 valence electrons. The molecule has 1 aromatic heterocycles. The van der Waals surface area contributed by atoms with Gasteiger partial charge in [-0.1, -0.05) is 24.4 Å². The van der Waals surface area contributed by atoms with Crippen molar-refractivity contribution in [1.29, 1.82) is 0 Å². The van der Waals surface area contributed by atoms with Crippen LogP contribution >= 0.6 is 11.6 Å². The van der Waals surface area contributed by atoms with E-state index in [4.69, 9.17) is 11.6 Å². The lowest BCUT2D eigenvalue weighted by atomic mass is 10.1. The molecule has 1 aliphatic rings. The third-order valence-electron chi connectivity index (χ3n) is 3.08. The zero-order chi connectivity index (χ0) is 10.8. The van der Waals surface area contributed by atoms with E-state index in [1.54, 1.807) is 6.20 Å². The van der Waals surface area contributed by atoms with Gasteiger partial charge in [-0.15, -0.1) is 0 Å². The zero-order valence-corrected chi connectivity index (χ0v) is 10.1. The van der Waals surface area contributed by atoms with Crippen LogP contribution in [0.25, 0.3) is 0 Å². The van der Waals surface area contributed by atoms with Crippen molar-refractivity contribution in [2.75, 3.05) is 7.05 Å². The van der Waals surface area contributed by atoms with Gasteiger partial charge in [-0.3, -0.25) is 4.68 Å². The van der Waals surface area contributed by atoms with Crippen molar-refractivity contribution in [3.63, 3.8) is 0 Å². The molecule has 0 spiro atoms. The molecule has 4 heteroatoms. The SMILES string of the molecule is CCn1ncc(Cl)c1C(CC1CC1)NC. The minimum absolute atomic E-state index is 0.354. The number of aryl methyl sites for hydroxylation is 1. The Kier molecular flexibility index (Phi) is 3.32. The fourth-order valence-electron chi connectivity index (χ4n) is 2.02. The fraction of sp³-hybridized carbons (Fsp3) is 0.727. The number of hydrogen-bond acceptors (Lipinski definition) is 2. The summed E-state index contributed by atoms with van der Waals surface area (Å²) in [6.45, 7) is 2.97. The van der Waals surface area contributed by atoms with Gasteiger partial charge in [-0.05, 0) is 26.3 Å². The van der Waals surface area contributed by atoms with Crippen LogP contribution in [0.2, 0.25) is 5.02 Å². The Morgan fingerprint density at radius 3 is 2.93 bits per heavy atom. The standard InChI is InChI=1S/C11H18ClN3/c1-3-15-11(9(12)7-14-15)10(13-2)6-8-4-5-8/h7-8,10,13H,3-6H2,1-2H3. The Labute approximate surface area is 95.8 Å². The molecule has 1 saturated carbocycles. The molecule has 1 unspecified atom stereocenters. The molecule has 2 rings (SSSR count). The van der Waals surface area contributed by atoms with Crippen LogP contribution in [0.3, 0.4) is 0 Å². The normalized spacial score (nSPS) is 18.1. The first-order chi connectivity index (χ1) is 7.26. The third-order valence-corrected chi connectivity index (χ3v) is 3.37. The summed E-state index contributed by atoms with van der Waals surface area (Å²) in [5.74, 6) is 0.888. The van der Waals surface area contributed by atoms with E-state index >= 15 is 0 Å². The molecule has 0 aliphatic heterocycles. The lowest BCUT2D eigenvalue weighted by Crippen LogP contribution is -2.21. The molecule has 0 aromatic carbocycles. The maximum atomic E-state index is 6.18. The monoisotopic (exact) mass is 227 g/mol. The molecule has 1 fully saturated rings. The largest absolute Gasteiger partial charge is 0.312 e. The zero-order valence-electron chi connectivity index (χ0n) is 9.33. The number of halogens is 1. The molecular formula is C11H18ClN3. The van der Waals surface area contributed by atoms with E-state index in [-0.39, 0.29) is 0 Å².